The number of nitrogens with one attached hydrogen (secondary N) is 2. The fourth-order valence-electron chi connectivity index (χ4n) is 2.97. The van der Waals surface area contributed by atoms with Crippen LogP contribution in [0, 0.1) is 13.8 Å². The van der Waals surface area contributed by atoms with E-state index in [0.29, 0.717) is 30.1 Å². The van der Waals surface area contributed by atoms with Crippen LogP contribution in [0.3, 0.4) is 0 Å². The molecule has 0 amide bonds. The van der Waals surface area contributed by atoms with Crippen molar-refractivity contribution in [2.45, 2.75) is 46.6 Å². The Morgan fingerprint density at radius 1 is 1.22 bits per heavy atom. The second kappa shape index (κ2) is 7.42. The van der Waals surface area contributed by atoms with Gasteiger partial charge in [0.25, 0.3) is 5.56 Å². The number of aryl methyl sites for hydroxylation is 2. The van der Waals surface area contributed by atoms with E-state index in [1.165, 1.54) is 0 Å². The van der Waals surface area contributed by atoms with E-state index < -0.39 is 0 Å². The highest BCUT2D eigenvalue weighted by Crippen LogP contribution is 2.22. The number of nitrogens with zero attached hydrogens (tertiary/aromatic N) is 3. The molecule has 1 aromatic carbocycles. The molecule has 0 spiro atoms. The van der Waals surface area contributed by atoms with Gasteiger partial charge in [-0.2, -0.15) is 10.1 Å². The zero-order valence-electron chi connectivity index (χ0n) is 16.6. The van der Waals surface area contributed by atoms with E-state index in [1.54, 1.807) is 10.9 Å². The molecule has 0 fully saturated rings. The van der Waals surface area contributed by atoms with Crippen molar-refractivity contribution in [3.8, 4) is 5.75 Å². The minimum absolute atomic E-state index is 0.190. The summed E-state index contributed by atoms with van der Waals surface area (Å²) in [5.41, 5.74) is 2.41. The first-order valence-electron chi connectivity index (χ1n) is 9.19. The number of anilines is 1. The molecule has 0 aliphatic rings. The van der Waals surface area contributed by atoms with Gasteiger partial charge in [-0.15, -0.1) is 0 Å². The van der Waals surface area contributed by atoms with Gasteiger partial charge in [0.2, 0.25) is 5.95 Å². The minimum Gasteiger partial charge on any atom is -0.493 e. The van der Waals surface area contributed by atoms with E-state index in [2.05, 4.69) is 20.4 Å². The van der Waals surface area contributed by atoms with Crippen molar-refractivity contribution >= 4 is 17.0 Å². The van der Waals surface area contributed by atoms with Crippen LogP contribution in [0.25, 0.3) is 11.0 Å². The van der Waals surface area contributed by atoms with Crippen molar-refractivity contribution in [1.82, 2.24) is 19.7 Å². The van der Waals surface area contributed by atoms with Crippen LogP contribution in [0.2, 0.25) is 0 Å². The van der Waals surface area contributed by atoms with E-state index >= 15 is 0 Å². The van der Waals surface area contributed by atoms with E-state index in [-0.39, 0.29) is 11.1 Å². The summed E-state index contributed by atoms with van der Waals surface area (Å²) in [6.07, 6.45) is 2.35. The van der Waals surface area contributed by atoms with Crippen molar-refractivity contribution in [1.29, 1.82) is 0 Å². The minimum atomic E-state index is -0.251. The van der Waals surface area contributed by atoms with Gasteiger partial charge in [-0.25, -0.2) is 4.68 Å². The second-order valence-corrected chi connectivity index (χ2v) is 7.73. The summed E-state index contributed by atoms with van der Waals surface area (Å²) in [6.45, 7) is 11.4. The molecule has 27 heavy (non-hydrogen) atoms. The SMILES string of the molecule is Cc1cccc(C)c1OCCCNc1nc2c(cnn2C(C)(C)C)c(=O)[nH]1. The lowest BCUT2D eigenvalue weighted by Crippen LogP contribution is -2.24. The highest BCUT2D eigenvalue weighted by atomic mass is 16.5. The Hall–Kier alpha value is -2.83. The van der Waals surface area contributed by atoms with Crippen LogP contribution < -0.4 is 15.6 Å². The third-order valence-corrected chi connectivity index (χ3v) is 4.34. The number of aromatic amines is 1. The number of benzene rings is 1. The largest absolute Gasteiger partial charge is 0.493 e. The first-order valence-corrected chi connectivity index (χ1v) is 9.19. The Labute approximate surface area is 158 Å². The molecule has 0 aliphatic carbocycles. The lowest BCUT2D eigenvalue weighted by molar-refractivity contribution is 0.311. The maximum atomic E-state index is 12.3. The normalized spacial score (nSPS) is 11.7. The van der Waals surface area contributed by atoms with Crippen LogP contribution in [0.5, 0.6) is 5.75 Å². The predicted octanol–water partition coefficient (Wildman–Crippen LogP) is 3.37. The number of para-hydroxylation sites is 1. The summed E-state index contributed by atoms with van der Waals surface area (Å²) in [7, 11) is 0. The van der Waals surface area contributed by atoms with Crippen LogP contribution in [0.4, 0.5) is 5.95 Å². The predicted molar refractivity (Wildman–Crippen MR) is 108 cm³/mol. The molecule has 7 nitrogen and oxygen atoms in total. The van der Waals surface area contributed by atoms with Crippen molar-refractivity contribution in [3.63, 3.8) is 0 Å². The highest BCUT2D eigenvalue weighted by molar-refractivity contribution is 5.74. The number of fused-ring (bicyclic) bond motifs is 1. The molecule has 0 aliphatic heterocycles. The molecule has 0 radical (unpaired) electrons. The van der Waals surface area contributed by atoms with Crippen LogP contribution in [-0.4, -0.2) is 32.9 Å². The fraction of sp³-hybridized carbons (Fsp3) is 0.450. The molecule has 2 aromatic heterocycles. The van der Waals surface area contributed by atoms with Crippen molar-refractivity contribution in [2.75, 3.05) is 18.5 Å². The number of rotatable bonds is 6. The maximum Gasteiger partial charge on any atom is 0.263 e. The fourth-order valence-corrected chi connectivity index (χ4v) is 2.97. The molecule has 0 bridgehead atoms. The van der Waals surface area contributed by atoms with Crippen LogP contribution in [0.15, 0.2) is 29.2 Å². The average Bonchev–Trinajstić information content (AvgIpc) is 3.01. The van der Waals surface area contributed by atoms with Gasteiger partial charge in [-0.05, 0) is 52.2 Å². The summed E-state index contributed by atoms with van der Waals surface area (Å²) in [5.74, 6) is 1.39. The zero-order valence-corrected chi connectivity index (χ0v) is 16.6. The molecule has 3 aromatic rings. The van der Waals surface area contributed by atoms with Gasteiger partial charge in [0, 0.05) is 6.54 Å². The number of aromatic nitrogens is 4. The van der Waals surface area contributed by atoms with E-state index in [0.717, 1.165) is 23.3 Å². The Morgan fingerprint density at radius 3 is 2.59 bits per heavy atom. The van der Waals surface area contributed by atoms with Gasteiger partial charge in [0.15, 0.2) is 5.65 Å². The number of ether oxygens (including phenoxy) is 1. The molecule has 0 atom stereocenters. The quantitative estimate of drug-likeness (QED) is 0.651. The lowest BCUT2D eigenvalue weighted by Gasteiger charge is -2.19. The molecule has 7 heteroatoms. The first kappa shape index (κ1) is 18.9. The molecule has 0 saturated heterocycles. The van der Waals surface area contributed by atoms with E-state index in [4.69, 9.17) is 4.74 Å². The molecule has 144 valence electrons. The van der Waals surface area contributed by atoms with Gasteiger partial charge in [-0.1, -0.05) is 18.2 Å². The molecule has 0 saturated carbocycles. The average molecular weight is 369 g/mol. The lowest BCUT2D eigenvalue weighted by atomic mass is 10.1. The smallest absolute Gasteiger partial charge is 0.263 e. The number of hydrogen-bond acceptors (Lipinski definition) is 5. The second-order valence-electron chi connectivity index (χ2n) is 7.73. The Balaban J connectivity index is 1.63. The summed E-state index contributed by atoms with van der Waals surface area (Å²) >= 11 is 0. The number of H-pyrrole nitrogens is 1. The Kier molecular flexibility index (Phi) is 5.21. The third kappa shape index (κ3) is 4.13. The summed E-state index contributed by atoms with van der Waals surface area (Å²) < 4.78 is 7.68. The van der Waals surface area contributed by atoms with Crippen molar-refractivity contribution in [3.05, 3.63) is 45.9 Å². The maximum absolute atomic E-state index is 12.3. The first-order chi connectivity index (χ1) is 12.8. The molecular formula is C20H27N5O2. The van der Waals surface area contributed by atoms with Gasteiger partial charge in [-0.3, -0.25) is 9.78 Å². The summed E-state index contributed by atoms with van der Waals surface area (Å²) in [4.78, 5) is 19.6. The standard InChI is InChI=1S/C20H27N5O2/c1-13-8-6-9-14(2)16(13)27-11-7-10-21-19-23-17-15(18(26)24-19)12-22-25(17)20(3,4)5/h6,8-9,12H,7,10-11H2,1-5H3,(H2,21,23,24,26). The number of hydrogen-bond donors (Lipinski definition) is 2. The summed E-state index contributed by atoms with van der Waals surface area (Å²) in [6, 6.07) is 6.12. The molecule has 3 rings (SSSR count). The zero-order chi connectivity index (χ0) is 19.6. The van der Waals surface area contributed by atoms with Crippen LogP contribution in [-0.2, 0) is 5.54 Å². The Bertz CT molecular complexity index is 978. The highest BCUT2D eigenvalue weighted by Gasteiger charge is 2.19. The molecule has 0 unspecified atom stereocenters. The molecular weight excluding hydrogens is 342 g/mol. The van der Waals surface area contributed by atoms with E-state index in [9.17, 15) is 4.79 Å². The van der Waals surface area contributed by atoms with Crippen molar-refractivity contribution < 1.29 is 4.74 Å². The van der Waals surface area contributed by atoms with E-state index in [1.807, 2.05) is 52.8 Å². The summed E-state index contributed by atoms with van der Waals surface area (Å²) in [5, 5.41) is 7.98. The van der Waals surface area contributed by atoms with Gasteiger partial charge in [0.1, 0.15) is 11.1 Å². The van der Waals surface area contributed by atoms with Gasteiger partial charge < -0.3 is 10.1 Å². The van der Waals surface area contributed by atoms with Crippen LogP contribution in [0.1, 0.15) is 38.3 Å². The monoisotopic (exact) mass is 369 g/mol. The molecule has 2 heterocycles. The van der Waals surface area contributed by atoms with Crippen LogP contribution >= 0.6 is 0 Å². The van der Waals surface area contributed by atoms with Crippen molar-refractivity contribution in [2.24, 2.45) is 0 Å². The molecule has 2 N–H and O–H groups in total. The third-order valence-electron chi connectivity index (χ3n) is 4.34. The topological polar surface area (TPSA) is 84.8 Å². The Morgan fingerprint density at radius 2 is 1.93 bits per heavy atom. The van der Waals surface area contributed by atoms with Gasteiger partial charge >= 0.3 is 0 Å². The van der Waals surface area contributed by atoms with Gasteiger partial charge in [0.05, 0.1) is 18.3 Å².